The van der Waals surface area contributed by atoms with Crippen LogP contribution in [-0.4, -0.2) is 38.9 Å². The van der Waals surface area contributed by atoms with Gasteiger partial charge in [-0.05, 0) is 30.5 Å². The molecule has 0 spiro atoms. The van der Waals surface area contributed by atoms with Gasteiger partial charge in [-0.3, -0.25) is 4.79 Å². The summed E-state index contributed by atoms with van der Waals surface area (Å²) in [6.45, 7) is 1.42. The molecule has 1 unspecified atom stereocenters. The lowest BCUT2D eigenvalue weighted by atomic mass is 10.1. The number of benzene rings is 2. The van der Waals surface area contributed by atoms with E-state index in [2.05, 4.69) is 16.4 Å². The monoisotopic (exact) mass is 371 g/mol. The molecule has 1 aromatic heterocycles. The van der Waals surface area contributed by atoms with E-state index < -0.39 is 0 Å². The Labute approximate surface area is 164 Å². The molecule has 2 aromatic carbocycles. The van der Waals surface area contributed by atoms with E-state index in [0.717, 1.165) is 29.8 Å². The van der Waals surface area contributed by atoms with Crippen LogP contribution < -0.4 is 0 Å². The fourth-order valence-electron chi connectivity index (χ4n) is 3.54. The lowest BCUT2D eigenvalue weighted by molar-refractivity contribution is -0.130. The second-order valence-electron chi connectivity index (χ2n) is 7.04. The molecule has 0 N–H and O–H groups in total. The normalized spacial score (nSPS) is 16.1. The topological polar surface area (TPSA) is 74.8 Å². The van der Waals surface area contributed by atoms with Crippen molar-refractivity contribution in [2.75, 3.05) is 13.1 Å². The first-order chi connectivity index (χ1) is 13.7. The number of nitriles is 1. The maximum atomic E-state index is 12.6. The summed E-state index contributed by atoms with van der Waals surface area (Å²) >= 11 is 0. The Balaban J connectivity index is 1.33. The van der Waals surface area contributed by atoms with Gasteiger partial charge in [-0.25, -0.2) is 4.68 Å². The minimum Gasteiger partial charge on any atom is -0.340 e. The smallest absolute Gasteiger partial charge is 0.222 e. The summed E-state index contributed by atoms with van der Waals surface area (Å²) in [5.41, 5.74) is 3.61. The van der Waals surface area contributed by atoms with Gasteiger partial charge in [0.1, 0.15) is 5.69 Å². The Morgan fingerprint density at radius 2 is 1.93 bits per heavy atom. The zero-order valence-corrected chi connectivity index (χ0v) is 15.5. The summed E-state index contributed by atoms with van der Waals surface area (Å²) < 4.78 is 1.89. The van der Waals surface area contributed by atoms with Crippen molar-refractivity contribution in [3.8, 4) is 17.3 Å². The Bertz CT molecular complexity index is 988. The second kappa shape index (κ2) is 8.05. The number of likely N-dealkylation sites (tertiary alicyclic amines) is 1. The molecule has 1 saturated heterocycles. The molecule has 0 radical (unpaired) electrons. The first-order valence-electron chi connectivity index (χ1n) is 9.47. The third kappa shape index (κ3) is 3.94. The SMILES string of the molecule is N#Cc1ccc(CCC(=O)N2CCC(n3cc(-c4ccccc4)nn3)C2)cc1. The fourth-order valence-corrected chi connectivity index (χ4v) is 3.54. The Morgan fingerprint density at radius 3 is 2.68 bits per heavy atom. The zero-order chi connectivity index (χ0) is 19.3. The highest BCUT2D eigenvalue weighted by atomic mass is 16.2. The molecule has 0 bridgehead atoms. The van der Waals surface area contributed by atoms with Crippen LogP contribution in [0.15, 0.2) is 60.8 Å². The minimum atomic E-state index is 0.162. The van der Waals surface area contributed by atoms with Gasteiger partial charge in [0.05, 0.1) is 23.9 Å². The molecule has 0 saturated carbocycles. The molecule has 1 fully saturated rings. The van der Waals surface area contributed by atoms with Gasteiger partial charge in [-0.1, -0.05) is 47.7 Å². The van der Waals surface area contributed by atoms with Crippen LogP contribution in [0, 0.1) is 11.3 Å². The Morgan fingerprint density at radius 1 is 1.14 bits per heavy atom. The van der Waals surface area contributed by atoms with Crippen LogP contribution in [0.3, 0.4) is 0 Å². The molecule has 2 heterocycles. The van der Waals surface area contributed by atoms with Crippen molar-refractivity contribution in [1.29, 1.82) is 5.26 Å². The van der Waals surface area contributed by atoms with Gasteiger partial charge in [-0.2, -0.15) is 5.26 Å². The number of hydrogen-bond acceptors (Lipinski definition) is 4. The average molecular weight is 371 g/mol. The summed E-state index contributed by atoms with van der Waals surface area (Å²) in [5, 5.41) is 17.4. The van der Waals surface area contributed by atoms with Crippen molar-refractivity contribution < 1.29 is 4.79 Å². The maximum absolute atomic E-state index is 12.6. The molecule has 1 aliphatic rings. The van der Waals surface area contributed by atoms with Crippen LogP contribution in [0.1, 0.15) is 30.0 Å². The van der Waals surface area contributed by atoms with Crippen LogP contribution in [0.5, 0.6) is 0 Å². The highest BCUT2D eigenvalue weighted by Gasteiger charge is 2.28. The van der Waals surface area contributed by atoms with Gasteiger partial charge in [0.2, 0.25) is 5.91 Å². The molecule has 0 aliphatic carbocycles. The first-order valence-corrected chi connectivity index (χ1v) is 9.47. The van der Waals surface area contributed by atoms with Crippen LogP contribution in [0.4, 0.5) is 0 Å². The third-order valence-corrected chi connectivity index (χ3v) is 5.18. The highest BCUT2D eigenvalue weighted by Crippen LogP contribution is 2.24. The van der Waals surface area contributed by atoms with Crippen LogP contribution in [0.2, 0.25) is 0 Å². The van der Waals surface area contributed by atoms with Crippen molar-refractivity contribution in [1.82, 2.24) is 19.9 Å². The van der Waals surface area contributed by atoms with Crippen LogP contribution >= 0.6 is 0 Å². The van der Waals surface area contributed by atoms with Gasteiger partial charge in [0.15, 0.2) is 0 Å². The van der Waals surface area contributed by atoms with E-state index >= 15 is 0 Å². The second-order valence-corrected chi connectivity index (χ2v) is 7.04. The standard InChI is InChI=1S/C22H21N5O/c23-14-18-8-6-17(7-9-18)10-11-22(28)26-13-12-20(15-26)27-16-21(24-25-27)19-4-2-1-3-5-19/h1-9,16,20H,10-13,15H2. The maximum Gasteiger partial charge on any atom is 0.222 e. The number of hydrogen-bond donors (Lipinski definition) is 0. The molecule has 1 atom stereocenters. The number of amides is 1. The van der Waals surface area contributed by atoms with E-state index in [9.17, 15) is 4.79 Å². The third-order valence-electron chi connectivity index (χ3n) is 5.18. The van der Waals surface area contributed by atoms with Crippen molar-refractivity contribution in [3.05, 3.63) is 71.9 Å². The number of aromatic nitrogens is 3. The molecule has 1 amide bonds. The first kappa shape index (κ1) is 17.9. The number of nitrogens with zero attached hydrogens (tertiary/aromatic N) is 5. The van der Waals surface area contributed by atoms with Crippen molar-refractivity contribution in [2.45, 2.75) is 25.3 Å². The number of carbonyl (C=O) groups is 1. The Hall–Kier alpha value is -3.46. The molecule has 140 valence electrons. The van der Waals surface area contributed by atoms with Gasteiger partial charge < -0.3 is 4.90 Å². The quantitative estimate of drug-likeness (QED) is 0.690. The van der Waals surface area contributed by atoms with Gasteiger partial charge in [0, 0.05) is 25.1 Å². The van der Waals surface area contributed by atoms with Crippen molar-refractivity contribution >= 4 is 5.91 Å². The largest absolute Gasteiger partial charge is 0.340 e. The van der Waals surface area contributed by atoms with E-state index in [0.29, 0.717) is 24.9 Å². The van der Waals surface area contributed by atoms with Gasteiger partial charge in [0.25, 0.3) is 0 Å². The van der Waals surface area contributed by atoms with E-state index in [1.165, 1.54) is 0 Å². The summed E-state index contributed by atoms with van der Waals surface area (Å²) in [5.74, 6) is 0.162. The molecular weight excluding hydrogens is 350 g/mol. The fraction of sp³-hybridized carbons (Fsp3) is 0.273. The highest BCUT2D eigenvalue weighted by molar-refractivity contribution is 5.76. The minimum absolute atomic E-state index is 0.162. The van der Waals surface area contributed by atoms with Crippen molar-refractivity contribution in [3.63, 3.8) is 0 Å². The summed E-state index contributed by atoms with van der Waals surface area (Å²) in [4.78, 5) is 14.5. The summed E-state index contributed by atoms with van der Waals surface area (Å²) in [7, 11) is 0. The molecule has 6 heteroatoms. The molecule has 3 aromatic rings. The molecule has 1 aliphatic heterocycles. The van der Waals surface area contributed by atoms with Gasteiger partial charge in [-0.15, -0.1) is 5.10 Å². The van der Waals surface area contributed by atoms with E-state index in [4.69, 9.17) is 5.26 Å². The molecular formula is C22H21N5O. The molecule has 6 nitrogen and oxygen atoms in total. The predicted molar refractivity (Wildman–Crippen MR) is 105 cm³/mol. The Kier molecular flexibility index (Phi) is 5.16. The van der Waals surface area contributed by atoms with Gasteiger partial charge >= 0.3 is 0 Å². The van der Waals surface area contributed by atoms with E-state index in [1.807, 2.05) is 58.2 Å². The van der Waals surface area contributed by atoms with E-state index in [1.54, 1.807) is 12.1 Å². The van der Waals surface area contributed by atoms with E-state index in [-0.39, 0.29) is 11.9 Å². The zero-order valence-electron chi connectivity index (χ0n) is 15.5. The number of carbonyl (C=O) groups excluding carboxylic acids is 1. The molecule has 4 rings (SSSR count). The lowest BCUT2D eigenvalue weighted by Crippen LogP contribution is -2.29. The number of rotatable bonds is 5. The number of aryl methyl sites for hydroxylation is 1. The average Bonchev–Trinajstić information content (AvgIpc) is 3.43. The lowest BCUT2D eigenvalue weighted by Gasteiger charge is -2.16. The summed E-state index contributed by atoms with van der Waals surface area (Å²) in [6, 6.07) is 19.7. The van der Waals surface area contributed by atoms with Crippen LogP contribution in [0.25, 0.3) is 11.3 Å². The molecule has 28 heavy (non-hydrogen) atoms. The summed E-state index contributed by atoms with van der Waals surface area (Å²) in [6.07, 6.45) is 4.02. The van der Waals surface area contributed by atoms with Crippen molar-refractivity contribution in [2.24, 2.45) is 0 Å². The van der Waals surface area contributed by atoms with Crippen LogP contribution in [-0.2, 0) is 11.2 Å². The predicted octanol–water partition coefficient (Wildman–Crippen LogP) is 3.22.